The van der Waals surface area contributed by atoms with E-state index in [2.05, 4.69) is 16.8 Å². The SMILES string of the molecule is Cc1ccncc1CN(C)C(=O)[C@H]1CCCN1C1CCOCC1. The quantitative estimate of drug-likeness (QED) is 0.852. The van der Waals surface area contributed by atoms with Crippen LogP contribution in [0.2, 0.25) is 0 Å². The summed E-state index contributed by atoms with van der Waals surface area (Å²) in [5.74, 6) is 0.247. The molecule has 0 unspecified atom stereocenters. The number of carbonyl (C=O) groups excluding carboxylic acids is 1. The number of likely N-dealkylation sites (tertiary alicyclic amines) is 1. The predicted molar refractivity (Wildman–Crippen MR) is 89.0 cm³/mol. The molecule has 2 aliphatic rings. The van der Waals surface area contributed by atoms with Crippen LogP contribution in [-0.2, 0) is 16.1 Å². The zero-order valence-electron chi connectivity index (χ0n) is 14.2. The second kappa shape index (κ2) is 7.41. The number of hydrogen-bond acceptors (Lipinski definition) is 4. The Bertz CT molecular complexity index is 543. The molecule has 126 valence electrons. The minimum atomic E-state index is 0.0417. The first-order chi connectivity index (χ1) is 11.2. The van der Waals surface area contributed by atoms with Crippen LogP contribution in [0.1, 0.15) is 36.8 Å². The van der Waals surface area contributed by atoms with E-state index in [0.717, 1.165) is 51.0 Å². The van der Waals surface area contributed by atoms with Gasteiger partial charge in [0.1, 0.15) is 0 Å². The number of aromatic nitrogens is 1. The molecule has 0 saturated carbocycles. The van der Waals surface area contributed by atoms with Crippen molar-refractivity contribution in [2.45, 2.75) is 51.2 Å². The third-order valence-corrected chi connectivity index (χ3v) is 5.17. The van der Waals surface area contributed by atoms with Gasteiger partial charge in [-0.1, -0.05) is 0 Å². The van der Waals surface area contributed by atoms with Gasteiger partial charge in [-0.25, -0.2) is 0 Å². The van der Waals surface area contributed by atoms with E-state index >= 15 is 0 Å². The second-order valence-electron chi connectivity index (χ2n) is 6.74. The minimum Gasteiger partial charge on any atom is -0.381 e. The number of rotatable bonds is 4. The summed E-state index contributed by atoms with van der Waals surface area (Å²) < 4.78 is 5.47. The highest BCUT2D eigenvalue weighted by molar-refractivity contribution is 5.82. The molecule has 1 aromatic rings. The van der Waals surface area contributed by atoms with Crippen LogP contribution in [0.3, 0.4) is 0 Å². The predicted octanol–water partition coefficient (Wildman–Crippen LogP) is 1.99. The molecular weight excluding hydrogens is 290 g/mol. The van der Waals surface area contributed by atoms with Crippen LogP contribution < -0.4 is 0 Å². The van der Waals surface area contributed by atoms with Crippen LogP contribution >= 0.6 is 0 Å². The maximum absolute atomic E-state index is 12.9. The molecular formula is C18H27N3O2. The number of amides is 1. The molecule has 5 heteroatoms. The summed E-state index contributed by atoms with van der Waals surface area (Å²) in [6.07, 6.45) is 7.86. The van der Waals surface area contributed by atoms with E-state index in [0.29, 0.717) is 12.6 Å². The van der Waals surface area contributed by atoms with E-state index in [9.17, 15) is 4.79 Å². The van der Waals surface area contributed by atoms with Gasteiger partial charge in [0.05, 0.1) is 6.04 Å². The van der Waals surface area contributed by atoms with Gasteiger partial charge in [0.2, 0.25) is 5.91 Å². The normalized spacial score (nSPS) is 23.1. The van der Waals surface area contributed by atoms with Crippen molar-refractivity contribution in [2.75, 3.05) is 26.8 Å². The molecule has 3 rings (SSSR count). The first kappa shape index (κ1) is 16.4. The first-order valence-corrected chi connectivity index (χ1v) is 8.65. The molecule has 2 fully saturated rings. The highest BCUT2D eigenvalue weighted by Crippen LogP contribution is 2.26. The summed E-state index contributed by atoms with van der Waals surface area (Å²) >= 11 is 0. The molecule has 2 saturated heterocycles. The van der Waals surface area contributed by atoms with Crippen molar-refractivity contribution in [1.82, 2.24) is 14.8 Å². The van der Waals surface area contributed by atoms with Crippen molar-refractivity contribution in [1.29, 1.82) is 0 Å². The standard InChI is InChI=1S/C18H27N3O2/c1-14-5-8-19-12-15(14)13-20(2)18(22)17-4-3-9-21(17)16-6-10-23-11-7-16/h5,8,12,16-17H,3-4,6-7,9-11,13H2,1-2H3/t17-/m1/s1. The Kier molecular flexibility index (Phi) is 5.28. The Hall–Kier alpha value is -1.46. The topological polar surface area (TPSA) is 45.7 Å². The molecule has 0 spiro atoms. The van der Waals surface area contributed by atoms with Crippen LogP contribution in [-0.4, -0.2) is 59.6 Å². The average Bonchev–Trinajstić information content (AvgIpc) is 3.06. The molecule has 3 heterocycles. The number of pyridine rings is 1. The van der Waals surface area contributed by atoms with Gasteiger partial charge in [-0.3, -0.25) is 14.7 Å². The van der Waals surface area contributed by atoms with E-state index in [-0.39, 0.29) is 11.9 Å². The fourth-order valence-corrected chi connectivity index (χ4v) is 3.76. The Labute approximate surface area is 138 Å². The van der Waals surface area contributed by atoms with E-state index in [1.807, 2.05) is 24.2 Å². The van der Waals surface area contributed by atoms with Gasteiger partial charge >= 0.3 is 0 Å². The number of likely N-dealkylation sites (N-methyl/N-ethyl adjacent to an activating group) is 1. The molecule has 23 heavy (non-hydrogen) atoms. The van der Waals surface area contributed by atoms with Gasteiger partial charge < -0.3 is 9.64 Å². The fraction of sp³-hybridized carbons (Fsp3) is 0.667. The van der Waals surface area contributed by atoms with Crippen molar-refractivity contribution in [3.63, 3.8) is 0 Å². The van der Waals surface area contributed by atoms with Crippen LogP contribution in [0.4, 0.5) is 0 Å². The summed E-state index contributed by atoms with van der Waals surface area (Å²) in [6.45, 7) is 5.40. The molecule has 1 aromatic heterocycles. The van der Waals surface area contributed by atoms with Crippen LogP contribution in [0.15, 0.2) is 18.5 Å². The lowest BCUT2D eigenvalue weighted by Gasteiger charge is -2.36. The van der Waals surface area contributed by atoms with Crippen LogP contribution in [0.25, 0.3) is 0 Å². The zero-order valence-corrected chi connectivity index (χ0v) is 14.2. The number of hydrogen-bond donors (Lipinski definition) is 0. The lowest BCUT2D eigenvalue weighted by molar-refractivity contribution is -0.136. The number of aryl methyl sites for hydroxylation is 1. The van der Waals surface area contributed by atoms with Crippen molar-refractivity contribution < 1.29 is 9.53 Å². The number of nitrogens with zero attached hydrogens (tertiary/aromatic N) is 3. The zero-order chi connectivity index (χ0) is 16.2. The first-order valence-electron chi connectivity index (χ1n) is 8.65. The summed E-state index contributed by atoms with van der Waals surface area (Å²) in [5.41, 5.74) is 2.31. The third kappa shape index (κ3) is 3.72. The lowest BCUT2D eigenvalue weighted by Crippen LogP contribution is -2.49. The van der Waals surface area contributed by atoms with Crippen molar-refractivity contribution >= 4 is 5.91 Å². The summed E-state index contributed by atoms with van der Waals surface area (Å²) in [7, 11) is 1.91. The van der Waals surface area contributed by atoms with Gasteiger partial charge in [-0.05, 0) is 56.3 Å². The Morgan fingerprint density at radius 3 is 2.91 bits per heavy atom. The summed E-state index contributed by atoms with van der Waals surface area (Å²) in [5, 5.41) is 0. The third-order valence-electron chi connectivity index (χ3n) is 5.17. The molecule has 0 bridgehead atoms. The molecule has 0 aliphatic carbocycles. The molecule has 1 atom stereocenters. The van der Waals surface area contributed by atoms with Crippen molar-refractivity contribution in [3.8, 4) is 0 Å². The van der Waals surface area contributed by atoms with Crippen molar-refractivity contribution in [2.24, 2.45) is 0 Å². The molecule has 0 N–H and O–H groups in total. The molecule has 0 aromatic carbocycles. The monoisotopic (exact) mass is 317 g/mol. The fourth-order valence-electron chi connectivity index (χ4n) is 3.76. The van der Waals surface area contributed by atoms with Gasteiger partial charge in [0.25, 0.3) is 0 Å². The molecule has 1 amide bonds. The Morgan fingerprint density at radius 1 is 1.39 bits per heavy atom. The van der Waals surface area contributed by atoms with Crippen LogP contribution in [0.5, 0.6) is 0 Å². The summed E-state index contributed by atoms with van der Waals surface area (Å²) in [6, 6.07) is 2.55. The summed E-state index contributed by atoms with van der Waals surface area (Å²) in [4.78, 5) is 21.4. The molecule has 0 radical (unpaired) electrons. The van der Waals surface area contributed by atoms with Gasteiger partial charge in [-0.2, -0.15) is 0 Å². The molecule has 5 nitrogen and oxygen atoms in total. The van der Waals surface area contributed by atoms with E-state index in [1.165, 1.54) is 5.56 Å². The second-order valence-corrected chi connectivity index (χ2v) is 6.74. The van der Waals surface area contributed by atoms with Gasteiger partial charge in [0.15, 0.2) is 0 Å². The minimum absolute atomic E-state index is 0.0417. The van der Waals surface area contributed by atoms with Gasteiger partial charge in [0, 0.05) is 45.2 Å². The number of ether oxygens (including phenoxy) is 1. The van der Waals surface area contributed by atoms with Gasteiger partial charge in [-0.15, -0.1) is 0 Å². The smallest absolute Gasteiger partial charge is 0.239 e. The largest absolute Gasteiger partial charge is 0.381 e. The molecule has 2 aliphatic heterocycles. The highest BCUT2D eigenvalue weighted by atomic mass is 16.5. The van der Waals surface area contributed by atoms with E-state index in [4.69, 9.17) is 4.74 Å². The Morgan fingerprint density at radius 2 is 2.17 bits per heavy atom. The van der Waals surface area contributed by atoms with Crippen LogP contribution in [0, 0.1) is 6.92 Å². The van der Waals surface area contributed by atoms with E-state index < -0.39 is 0 Å². The maximum atomic E-state index is 12.9. The average molecular weight is 317 g/mol. The van der Waals surface area contributed by atoms with E-state index in [1.54, 1.807) is 6.20 Å². The van der Waals surface area contributed by atoms with Crippen molar-refractivity contribution in [3.05, 3.63) is 29.6 Å². The number of carbonyl (C=O) groups is 1. The Balaban J connectivity index is 1.65. The maximum Gasteiger partial charge on any atom is 0.239 e. The lowest BCUT2D eigenvalue weighted by atomic mass is 10.0. The highest BCUT2D eigenvalue weighted by Gasteiger charge is 2.37.